The van der Waals surface area contributed by atoms with E-state index in [1.54, 1.807) is 29.2 Å². The van der Waals surface area contributed by atoms with Gasteiger partial charge in [-0.1, -0.05) is 35.9 Å². The molecule has 1 fully saturated rings. The lowest BCUT2D eigenvalue weighted by atomic mass is 10.1. The van der Waals surface area contributed by atoms with Crippen molar-refractivity contribution < 1.29 is 9.59 Å². The Morgan fingerprint density at radius 1 is 1.22 bits per heavy atom. The largest absolute Gasteiger partial charge is 0.325 e. The molecule has 2 amide bonds. The van der Waals surface area contributed by atoms with Crippen LogP contribution in [0.4, 0.5) is 11.4 Å². The lowest BCUT2D eigenvalue weighted by Gasteiger charge is -2.19. The molecule has 3 rings (SSSR count). The Hall–Kier alpha value is -2.33. The molecule has 0 saturated carbocycles. The summed E-state index contributed by atoms with van der Waals surface area (Å²) in [5.41, 5.74) is 2.44. The minimum atomic E-state index is -0.659. The van der Waals surface area contributed by atoms with Gasteiger partial charge < -0.3 is 10.2 Å². The molecule has 0 spiro atoms. The minimum absolute atomic E-state index is 0.177. The molecule has 0 radical (unpaired) electrons. The number of anilines is 2. The van der Waals surface area contributed by atoms with Crippen molar-refractivity contribution in [2.24, 2.45) is 5.92 Å². The van der Waals surface area contributed by atoms with Crippen LogP contribution in [-0.2, 0) is 9.59 Å². The van der Waals surface area contributed by atoms with Crippen LogP contribution in [-0.4, -0.2) is 18.4 Å². The predicted molar refractivity (Wildman–Crippen MR) is 91.7 cm³/mol. The summed E-state index contributed by atoms with van der Waals surface area (Å²) >= 11 is 6.03. The van der Waals surface area contributed by atoms with Gasteiger partial charge >= 0.3 is 0 Å². The van der Waals surface area contributed by atoms with Crippen molar-refractivity contribution in [1.29, 1.82) is 0 Å². The molecule has 1 aliphatic heterocycles. The Bertz CT molecular complexity index is 746. The average molecular weight is 329 g/mol. The maximum atomic E-state index is 12.6. The summed E-state index contributed by atoms with van der Waals surface area (Å²) in [5.74, 6) is -1.10. The van der Waals surface area contributed by atoms with Gasteiger partial charge in [0.1, 0.15) is 5.92 Å². The number of benzene rings is 2. The molecule has 0 aromatic heterocycles. The number of carbonyl (C=O) groups excluding carboxylic acids is 2. The molecule has 0 bridgehead atoms. The highest BCUT2D eigenvalue weighted by molar-refractivity contribution is 6.31. The van der Waals surface area contributed by atoms with Gasteiger partial charge in [0.25, 0.3) is 0 Å². The third-order valence-corrected chi connectivity index (χ3v) is 4.26. The normalized spacial score (nSPS) is 17.4. The molecule has 118 valence electrons. The molecule has 1 atom stereocenters. The lowest BCUT2D eigenvalue weighted by Crippen LogP contribution is -2.33. The van der Waals surface area contributed by atoms with E-state index in [0.29, 0.717) is 23.7 Å². The van der Waals surface area contributed by atoms with E-state index >= 15 is 0 Å². The number of halogens is 1. The van der Waals surface area contributed by atoms with Crippen molar-refractivity contribution in [3.63, 3.8) is 0 Å². The van der Waals surface area contributed by atoms with E-state index in [0.717, 1.165) is 11.3 Å². The third-order valence-electron chi connectivity index (χ3n) is 4.03. The average Bonchev–Trinajstić information content (AvgIpc) is 2.92. The summed E-state index contributed by atoms with van der Waals surface area (Å²) in [6, 6.07) is 14.6. The first-order chi connectivity index (χ1) is 11.1. The second kappa shape index (κ2) is 6.42. The van der Waals surface area contributed by atoms with Crippen LogP contribution in [0.2, 0.25) is 5.02 Å². The van der Waals surface area contributed by atoms with E-state index in [4.69, 9.17) is 11.6 Å². The third kappa shape index (κ3) is 3.22. The van der Waals surface area contributed by atoms with Crippen LogP contribution in [0, 0.1) is 12.8 Å². The van der Waals surface area contributed by atoms with Gasteiger partial charge in [0.2, 0.25) is 11.8 Å². The quantitative estimate of drug-likeness (QED) is 0.874. The molecule has 4 nitrogen and oxygen atoms in total. The van der Waals surface area contributed by atoms with E-state index in [1.807, 2.05) is 31.2 Å². The van der Waals surface area contributed by atoms with Gasteiger partial charge in [-0.25, -0.2) is 0 Å². The molecular weight excluding hydrogens is 312 g/mol. The van der Waals surface area contributed by atoms with Crippen molar-refractivity contribution in [1.82, 2.24) is 0 Å². The van der Waals surface area contributed by atoms with Gasteiger partial charge in [0, 0.05) is 22.9 Å². The SMILES string of the molecule is Cc1ccc(Cl)cc1N1CCC(C(=O)Nc2ccccc2)C1=O. The zero-order chi connectivity index (χ0) is 16.4. The van der Waals surface area contributed by atoms with Gasteiger partial charge in [0.05, 0.1) is 0 Å². The van der Waals surface area contributed by atoms with Gasteiger partial charge in [-0.05, 0) is 43.2 Å². The van der Waals surface area contributed by atoms with Crippen molar-refractivity contribution >= 4 is 34.8 Å². The fraction of sp³-hybridized carbons (Fsp3) is 0.222. The number of aryl methyl sites for hydroxylation is 1. The topological polar surface area (TPSA) is 49.4 Å². The highest BCUT2D eigenvalue weighted by Crippen LogP contribution is 2.30. The van der Waals surface area contributed by atoms with E-state index in [1.165, 1.54) is 0 Å². The Kier molecular flexibility index (Phi) is 4.35. The molecule has 2 aromatic rings. The molecule has 1 unspecified atom stereocenters. The number of hydrogen-bond donors (Lipinski definition) is 1. The number of carbonyl (C=O) groups is 2. The van der Waals surface area contributed by atoms with E-state index < -0.39 is 5.92 Å². The van der Waals surface area contributed by atoms with Crippen LogP contribution in [0.1, 0.15) is 12.0 Å². The monoisotopic (exact) mass is 328 g/mol. The fourth-order valence-electron chi connectivity index (χ4n) is 2.79. The van der Waals surface area contributed by atoms with Crippen LogP contribution in [0.15, 0.2) is 48.5 Å². The summed E-state index contributed by atoms with van der Waals surface area (Å²) in [6.07, 6.45) is 0.503. The maximum absolute atomic E-state index is 12.6. The minimum Gasteiger partial charge on any atom is -0.325 e. The molecular formula is C18H17ClN2O2. The molecule has 1 aliphatic rings. The van der Waals surface area contributed by atoms with Crippen molar-refractivity contribution in [3.8, 4) is 0 Å². The molecule has 2 aromatic carbocycles. The first kappa shape index (κ1) is 15.6. The second-order valence-electron chi connectivity index (χ2n) is 5.62. The predicted octanol–water partition coefficient (Wildman–Crippen LogP) is 3.64. The van der Waals surface area contributed by atoms with Crippen LogP contribution in [0.25, 0.3) is 0 Å². The van der Waals surface area contributed by atoms with Crippen LogP contribution >= 0.6 is 11.6 Å². The van der Waals surface area contributed by atoms with Gasteiger partial charge in [-0.15, -0.1) is 0 Å². The Morgan fingerprint density at radius 2 is 1.96 bits per heavy atom. The first-order valence-corrected chi connectivity index (χ1v) is 7.87. The van der Waals surface area contributed by atoms with Gasteiger partial charge in [-0.2, -0.15) is 0 Å². The molecule has 5 heteroatoms. The molecule has 1 saturated heterocycles. The highest BCUT2D eigenvalue weighted by Gasteiger charge is 2.38. The Morgan fingerprint density at radius 3 is 2.70 bits per heavy atom. The zero-order valence-electron chi connectivity index (χ0n) is 12.8. The first-order valence-electron chi connectivity index (χ1n) is 7.49. The second-order valence-corrected chi connectivity index (χ2v) is 6.05. The van der Waals surface area contributed by atoms with Crippen LogP contribution < -0.4 is 10.2 Å². The fourth-order valence-corrected chi connectivity index (χ4v) is 2.95. The molecule has 23 heavy (non-hydrogen) atoms. The van der Waals surface area contributed by atoms with E-state index in [9.17, 15) is 9.59 Å². The van der Waals surface area contributed by atoms with Crippen molar-refractivity contribution in [2.45, 2.75) is 13.3 Å². The molecule has 0 aliphatic carbocycles. The zero-order valence-corrected chi connectivity index (χ0v) is 13.5. The Balaban J connectivity index is 1.76. The number of amides is 2. The number of nitrogens with zero attached hydrogens (tertiary/aromatic N) is 1. The van der Waals surface area contributed by atoms with E-state index in [-0.39, 0.29) is 11.8 Å². The number of nitrogens with one attached hydrogen (secondary N) is 1. The molecule has 1 N–H and O–H groups in total. The van der Waals surface area contributed by atoms with Gasteiger partial charge in [-0.3, -0.25) is 9.59 Å². The Labute approximate surface area is 140 Å². The number of para-hydroxylation sites is 1. The molecule has 1 heterocycles. The summed E-state index contributed by atoms with van der Waals surface area (Å²) < 4.78 is 0. The van der Waals surface area contributed by atoms with Crippen molar-refractivity contribution in [3.05, 3.63) is 59.1 Å². The van der Waals surface area contributed by atoms with Crippen LogP contribution in [0.5, 0.6) is 0 Å². The van der Waals surface area contributed by atoms with Gasteiger partial charge in [0.15, 0.2) is 0 Å². The van der Waals surface area contributed by atoms with Crippen molar-refractivity contribution in [2.75, 3.05) is 16.8 Å². The summed E-state index contributed by atoms with van der Waals surface area (Å²) in [4.78, 5) is 26.6. The number of rotatable bonds is 3. The van der Waals surface area contributed by atoms with E-state index in [2.05, 4.69) is 5.32 Å². The van der Waals surface area contributed by atoms with Crippen LogP contribution in [0.3, 0.4) is 0 Å². The standard InChI is InChI=1S/C18H17ClN2O2/c1-12-7-8-13(19)11-16(12)21-10-9-15(18(21)23)17(22)20-14-5-3-2-4-6-14/h2-8,11,15H,9-10H2,1H3,(H,20,22). The summed E-state index contributed by atoms with van der Waals surface area (Å²) in [7, 11) is 0. The smallest absolute Gasteiger partial charge is 0.239 e. The highest BCUT2D eigenvalue weighted by atomic mass is 35.5. The lowest BCUT2D eigenvalue weighted by molar-refractivity contribution is -0.129. The number of hydrogen-bond acceptors (Lipinski definition) is 2. The maximum Gasteiger partial charge on any atom is 0.239 e. The summed E-state index contributed by atoms with van der Waals surface area (Å²) in [5, 5.41) is 3.38. The summed E-state index contributed by atoms with van der Waals surface area (Å²) in [6.45, 7) is 2.45.